The molecule has 2 heterocycles. The van der Waals surface area contributed by atoms with Gasteiger partial charge in [0.05, 0.1) is 19.3 Å². The number of benzene rings is 1. The van der Waals surface area contributed by atoms with Crippen LogP contribution >= 0.6 is 0 Å². The van der Waals surface area contributed by atoms with Gasteiger partial charge in [0.25, 0.3) is 5.91 Å². The van der Waals surface area contributed by atoms with Gasteiger partial charge in [-0.15, -0.1) is 0 Å². The third kappa shape index (κ3) is 1.64. The number of nitrogens with zero attached hydrogens (tertiary/aromatic N) is 2. The van der Waals surface area contributed by atoms with Crippen LogP contribution in [0.2, 0.25) is 0 Å². The van der Waals surface area contributed by atoms with Crippen molar-refractivity contribution in [1.29, 1.82) is 0 Å². The van der Waals surface area contributed by atoms with Gasteiger partial charge in [0.15, 0.2) is 0 Å². The normalized spacial score (nSPS) is 13.9. The molecule has 1 aromatic carbocycles. The molecule has 0 saturated heterocycles. The van der Waals surface area contributed by atoms with E-state index < -0.39 is 0 Å². The van der Waals surface area contributed by atoms with Crippen LogP contribution in [0.4, 0.5) is 0 Å². The predicted octanol–water partition coefficient (Wildman–Crippen LogP) is 1.30. The average Bonchev–Trinajstić information content (AvgIpc) is 2.84. The summed E-state index contributed by atoms with van der Waals surface area (Å²) in [7, 11) is 1.63. The highest BCUT2D eigenvalue weighted by Crippen LogP contribution is 2.29. The van der Waals surface area contributed by atoms with Crippen LogP contribution in [0.5, 0.6) is 5.75 Å². The van der Waals surface area contributed by atoms with Gasteiger partial charge in [-0.1, -0.05) is 12.1 Å². The molecule has 1 aliphatic rings. The molecule has 0 unspecified atom stereocenters. The fourth-order valence-electron chi connectivity index (χ4n) is 2.12. The summed E-state index contributed by atoms with van der Waals surface area (Å²) in [5, 5.41) is 7.26. The molecular formula is C13H13N3O2. The van der Waals surface area contributed by atoms with Gasteiger partial charge in [-0.3, -0.25) is 9.48 Å². The number of fused-ring (bicyclic) bond motifs is 1. The minimum Gasteiger partial charge on any atom is -0.496 e. The lowest BCUT2D eigenvalue weighted by Crippen LogP contribution is -2.35. The fraction of sp³-hybridized carbons (Fsp3) is 0.231. The molecule has 3 rings (SSSR count). The Kier molecular flexibility index (Phi) is 2.51. The van der Waals surface area contributed by atoms with Crippen LogP contribution in [0.15, 0.2) is 30.3 Å². The first kappa shape index (κ1) is 10.8. The highest BCUT2D eigenvalue weighted by atomic mass is 16.5. The smallest absolute Gasteiger partial charge is 0.269 e. The predicted molar refractivity (Wildman–Crippen MR) is 66.5 cm³/mol. The number of ether oxygens (including phenoxy) is 1. The van der Waals surface area contributed by atoms with Gasteiger partial charge in [-0.05, 0) is 18.2 Å². The van der Waals surface area contributed by atoms with Gasteiger partial charge >= 0.3 is 0 Å². The molecule has 0 atom stereocenters. The molecule has 0 saturated carbocycles. The number of para-hydroxylation sites is 1. The van der Waals surface area contributed by atoms with E-state index in [9.17, 15) is 4.79 Å². The van der Waals surface area contributed by atoms with E-state index in [1.54, 1.807) is 17.9 Å². The van der Waals surface area contributed by atoms with Crippen LogP contribution in [0.3, 0.4) is 0 Å². The Morgan fingerprint density at radius 2 is 2.22 bits per heavy atom. The Morgan fingerprint density at radius 3 is 3.00 bits per heavy atom. The third-order valence-corrected chi connectivity index (χ3v) is 3.00. The van der Waals surface area contributed by atoms with Crippen molar-refractivity contribution >= 4 is 5.91 Å². The van der Waals surface area contributed by atoms with Gasteiger partial charge < -0.3 is 10.1 Å². The number of hydrogen-bond acceptors (Lipinski definition) is 3. The van der Waals surface area contributed by atoms with Crippen molar-refractivity contribution in [3.05, 3.63) is 36.0 Å². The average molecular weight is 243 g/mol. The Balaban J connectivity index is 2.10. The lowest BCUT2D eigenvalue weighted by atomic mass is 10.1. The maximum Gasteiger partial charge on any atom is 0.269 e. The van der Waals surface area contributed by atoms with Gasteiger partial charge in [0.2, 0.25) is 0 Å². The first-order chi connectivity index (χ1) is 8.79. The van der Waals surface area contributed by atoms with Crippen LogP contribution in [0.25, 0.3) is 11.3 Å². The van der Waals surface area contributed by atoms with Crippen LogP contribution in [-0.4, -0.2) is 29.3 Å². The van der Waals surface area contributed by atoms with E-state index in [2.05, 4.69) is 10.4 Å². The Hall–Kier alpha value is -2.30. The van der Waals surface area contributed by atoms with Crippen molar-refractivity contribution < 1.29 is 9.53 Å². The zero-order chi connectivity index (χ0) is 12.5. The first-order valence-electron chi connectivity index (χ1n) is 5.79. The van der Waals surface area contributed by atoms with Crippen molar-refractivity contribution in [2.24, 2.45) is 0 Å². The van der Waals surface area contributed by atoms with Crippen molar-refractivity contribution in [2.75, 3.05) is 13.7 Å². The second kappa shape index (κ2) is 4.18. The molecule has 0 spiro atoms. The quantitative estimate of drug-likeness (QED) is 0.865. The zero-order valence-electron chi connectivity index (χ0n) is 10.0. The van der Waals surface area contributed by atoms with E-state index in [0.29, 0.717) is 18.8 Å². The molecule has 1 N–H and O–H groups in total. The van der Waals surface area contributed by atoms with Crippen LogP contribution in [0.1, 0.15) is 10.5 Å². The van der Waals surface area contributed by atoms with Crippen molar-refractivity contribution in [3.8, 4) is 17.0 Å². The molecule has 0 aliphatic carbocycles. The minimum atomic E-state index is -0.0742. The van der Waals surface area contributed by atoms with E-state index >= 15 is 0 Å². The summed E-state index contributed by atoms with van der Waals surface area (Å²) in [6.07, 6.45) is 0. The monoisotopic (exact) mass is 243 g/mol. The number of methoxy groups -OCH3 is 1. The molecule has 1 aromatic heterocycles. The highest BCUT2D eigenvalue weighted by Gasteiger charge is 2.20. The number of rotatable bonds is 2. The minimum absolute atomic E-state index is 0.0742. The van der Waals surface area contributed by atoms with E-state index in [-0.39, 0.29) is 5.91 Å². The first-order valence-corrected chi connectivity index (χ1v) is 5.79. The molecule has 0 radical (unpaired) electrons. The van der Waals surface area contributed by atoms with Crippen LogP contribution in [0, 0.1) is 0 Å². The maximum absolute atomic E-state index is 11.7. The zero-order valence-corrected chi connectivity index (χ0v) is 10.0. The Morgan fingerprint density at radius 1 is 1.39 bits per heavy atom. The van der Waals surface area contributed by atoms with Crippen molar-refractivity contribution in [3.63, 3.8) is 0 Å². The van der Waals surface area contributed by atoms with Crippen LogP contribution < -0.4 is 10.1 Å². The molecule has 0 fully saturated rings. The van der Waals surface area contributed by atoms with Gasteiger partial charge in [0.1, 0.15) is 11.4 Å². The molecule has 0 bridgehead atoms. The lowest BCUT2D eigenvalue weighted by molar-refractivity contribution is 0.0924. The molecule has 1 aliphatic heterocycles. The molecular weight excluding hydrogens is 230 g/mol. The van der Waals surface area contributed by atoms with Crippen molar-refractivity contribution in [2.45, 2.75) is 6.54 Å². The summed E-state index contributed by atoms with van der Waals surface area (Å²) in [4.78, 5) is 11.7. The SMILES string of the molecule is COc1ccccc1-c1cc2n(n1)CCNC2=O. The summed E-state index contributed by atoms with van der Waals surface area (Å²) >= 11 is 0. The number of amides is 1. The summed E-state index contributed by atoms with van der Waals surface area (Å²) in [5.41, 5.74) is 2.26. The molecule has 92 valence electrons. The van der Waals surface area contributed by atoms with Gasteiger partial charge in [-0.2, -0.15) is 5.10 Å². The van der Waals surface area contributed by atoms with E-state index in [0.717, 1.165) is 17.0 Å². The summed E-state index contributed by atoms with van der Waals surface area (Å²) in [6, 6.07) is 9.45. The molecule has 1 amide bonds. The van der Waals surface area contributed by atoms with E-state index in [1.165, 1.54) is 0 Å². The second-order valence-corrected chi connectivity index (χ2v) is 4.09. The Bertz CT molecular complexity index is 604. The number of hydrogen-bond donors (Lipinski definition) is 1. The van der Waals surface area contributed by atoms with Crippen LogP contribution in [-0.2, 0) is 6.54 Å². The standard InChI is InChI=1S/C13H13N3O2/c1-18-12-5-3-2-4-9(12)10-8-11-13(17)14-6-7-16(11)15-10/h2-5,8H,6-7H2,1H3,(H,14,17). The molecule has 2 aromatic rings. The Labute approximate surface area is 104 Å². The second-order valence-electron chi connectivity index (χ2n) is 4.09. The van der Waals surface area contributed by atoms with Gasteiger partial charge in [0, 0.05) is 12.1 Å². The fourth-order valence-corrected chi connectivity index (χ4v) is 2.12. The number of aromatic nitrogens is 2. The molecule has 5 nitrogen and oxygen atoms in total. The summed E-state index contributed by atoms with van der Waals surface area (Å²) in [6.45, 7) is 1.33. The van der Waals surface area contributed by atoms with E-state index in [4.69, 9.17) is 4.74 Å². The molecule has 5 heteroatoms. The van der Waals surface area contributed by atoms with Crippen molar-refractivity contribution in [1.82, 2.24) is 15.1 Å². The topological polar surface area (TPSA) is 56.1 Å². The summed E-state index contributed by atoms with van der Waals surface area (Å²) < 4.78 is 7.05. The number of carbonyl (C=O) groups is 1. The number of carbonyl (C=O) groups excluding carboxylic acids is 1. The number of nitrogens with one attached hydrogen (secondary N) is 1. The lowest BCUT2D eigenvalue weighted by Gasteiger charge is -2.13. The highest BCUT2D eigenvalue weighted by molar-refractivity contribution is 5.94. The van der Waals surface area contributed by atoms with E-state index in [1.807, 2.05) is 24.3 Å². The van der Waals surface area contributed by atoms with Gasteiger partial charge in [-0.25, -0.2) is 0 Å². The largest absolute Gasteiger partial charge is 0.496 e. The maximum atomic E-state index is 11.7. The summed E-state index contributed by atoms with van der Waals surface area (Å²) in [5.74, 6) is 0.684. The third-order valence-electron chi connectivity index (χ3n) is 3.00. The molecule has 18 heavy (non-hydrogen) atoms.